The van der Waals surface area contributed by atoms with Crippen LogP contribution in [0.3, 0.4) is 0 Å². The van der Waals surface area contributed by atoms with Gasteiger partial charge in [-0.3, -0.25) is 4.57 Å². The van der Waals surface area contributed by atoms with Crippen LogP contribution in [-0.4, -0.2) is 52.8 Å². The molecule has 6 rings (SSSR count). The van der Waals surface area contributed by atoms with Crippen molar-refractivity contribution in [3.8, 4) is 0 Å². The van der Waals surface area contributed by atoms with E-state index in [2.05, 4.69) is 38.5 Å². The number of nitrogens with zero attached hydrogens (tertiary/aromatic N) is 4. The molecular formula is C20H19N5O3S2. The number of hydrogen-bond acceptors (Lipinski definition) is 9. The van der Waals surface area contributed by atoms with Gasteiger partial charge in [-0.1, -0.05) is 18.2 Å². The molecule has 3 aromatic heterocycles. The van der Waals surface area contributed by atoms with E-state index in [0.717, 1.165) is 5.75 Å². The third-order valence-corrected chi connectivity index (χ3v) is 8.47. The van der Waals surface area contributed by atoms with E-state index in [-0.39, 0.29) is 11.1 Å². The summed E-state index contributed by atoms with van der Waals surface area (Å²) < 4.78 is 9.16. The van der Waals surface area contributed by atoms with Gasteiger partial charge in [0.15, 0.2) is 17.7 Å². The lowest BCUT2D eigenvalue weighted by molar-refractivity contribution is -0.0451. The zero-order chi connectivity index (χ0) is 20.5. The van der Waals surface area contributed by atoms with Crippen molar-refractivity contribution in [2.45, 2.75) is 41.5 Å². The number of aliphatic hydroxyl groups excluding tert-OH is 2. The number of benzene rings is 1. The van der Waals surface area contributed by atoms with Gasteiger partial charge in [-0.05, 0) is 28.8 Å². The van der Waals surface area contributed by atoms with Crippen molar-refractivity contribution < 1.29 is 14.9 Å². The van der Waals surface area contributed by atoms with Crippen LogP contribution >= 0.6 is 23.1 Å². The molecule has 2 aliphatic rings. The minimum absolute atomic E-state index is 0.111. The number of thioether (sulfide) groups is 1. The van der Waals surface area contributed by atoms with Crippen molar-refractivity contribution in [2.24, 2.45) is 0 Å². The van der Waals surface area contributed by atoms with Gasteiger partial charge in [-0.15, -0.1) is 11.3 Å². The van der Waals surface area contributed by atoms with Crippen LogP contribution in [0.1, 0.15) is 18.2 Å². The average molecular weight is 442 g/mol. The number of hydrogen-bond donors (Lipinski definition) is 3. The molecule has 1 aliphatic carbocycles. The Bertz CT molecular complexity index is 1260. The molecule has 0 bridgehead atoms. The number of nitrogen functional groups attached to an aromatic ring is 1. The molecule has 30 heavy (non-hydrogen) atoms. The fraction of sp³-hybridized carbons (Fsp3) is 0.350. The van der Waals surface area contributed by atoms with Crippen LogP contribution in [0.4, 0.5) is 5.82 Å². The van der Waals surface area contributed by atoms with E-state index in [1.165, 1.54) is 28.3 Å². The summed E-state index contributed by atoms with van der Waals surface area (Å²) in [4.78, 5) is 12.4. The fourth-order valence-electron chi connectivity index (χ4n) is 4.29. The minimum atomic E-state index is -1.08. The summed E-state index contributed by atoms with van der Waals surface area (Å²) in [7, 11) is 0. The van der Waals surface area contributed by atoms with Crippen LogP contribution in [-0.2, 0) is 10.5 Å². The molecule has 5 atom stereocenters. The Balaban J connectivity index is 1.22. The minimum Gasteiger partial charge on any atom is -0.387 e. The van der Waals surface area contributed by atoms with Gasteiger partial charge in [0, 0.05) is 15.7 Å². The lowest BCUT2D eigenvalue weighted by Gasteiger charge is -2.16. The first-order valence-corrected chi connectivity index (χ1v) is 11.5. The van der Waals surface area contributed by atoms with E-state index in [4.69, 9.17) is 10.5 Å². The van der Waals surface area contributed by atoms with E-state index < -0.39 is 24.0 Å². The topological polar surface area (TPSA) is 119 Å². The number of imidazole rings is 1. The van der Waals surface area contributed by atoms with Crippen molar-refractivity contribution in [3.05, 3.63) is 47.9 Å². The highest BCUT2D eigenvalue weighted by atomic mass is 32.2. The van der Waals surface area contributed by atoms with Crippen LogP contribution in [0, 0.1) is 0 Å². The molecule has 8 nitrogen and oxygen atoms in total. The molecule has 4 heterocycles. The second kappa shape index (κ2) is 6.63. The number of anilines is 1. The zero-order valence-corrected chi connectivity index (χ0v) is 17.4. The zero-order valence-electron chi connectivity index (χ0n) is 15.8. The third-order valence-electron chi connectivity index (χ3n) is 6.01. The van der Waals surface area contributed by atoms with Gasteiger partial charge in [0.2, 0.25) is 0 Å². The predicted octanol–water partition coefficient (Wildman–Crippen LogP) is 2.32. The molecule has 1 aliphatic heterocycles. The van der Waals surface area contributed by atoms with E-state index in [9.17, 15) is 10.2 Å². The SMILES string of the molecule is Nc1ncnc2c1ncn2C1OC2(CC2SCc2csc3ccccc23)[C@@H](O)[C@H]1O. The van der Waals surface area contributed by atoms with Gasteiger partial charge in [0.1, 0.15) is 29.7 Å². The Morgan fingerprint density at radius 2 is 2.13 bits per heavy atom. The van der Waals surface area contributed by atoms with Gasteiger partial charge in [0.05, 0.1) is 6.33 Å². The molecule has 1 spiro atoms. The molecular weight excluding hydrogens is 422 g/mol. The van der Waals surface area contributed by atoms with Gasteiger partial charge in [-0.25, -0.2) is 15.0 Å². The van der Waals surface area contributed by atoms with Gasteiger partial charge in [0.25, 0.3) is 0 Å². The summed E-state index contributed by atoms with van der Waals surface area (Å²) in [6, 6.07) is 8.37. The smallest absolute Gasteiger partial charge is 0.167 e. The molecule has 4 aromatic rings. The summed E-state index contributed by atoms with van der Waals surface area (Å²) in [5, 5.41) is 25.1. The third kappa shape index (κ3) is 2.61. The van der Waals surface area contributed by atoms with E-state index in [1.807, 2.05) is 6.07 Å². The number of aliphatic hydroxyl groups is 2. The number of ether oxygens (including phenoxy) is 1. The molecule has 1 aromatic carbocycles. The van der Waals surface area contributed by atoms with Crippen molar-refractivity contribution in [3.63, 3.8) is 0 Å². The van der Waals surface area contributed by atoms with Crippen molar-refractivity contribution >= 4 is 50.2 Å². The lowest BCUT2D eigenvalue weighted by atomic mass is 10.1. The van der Waals surface area contributed by atoms with Crippen LogP contribution in [0.25, 0.3) is 21.3 Å². The molecule has 0 amide bonds. The van der Waals surface area contributed by atoms with Crippen LogP contribution < -0.4 is 5.73 Å². The molecule has 4 N–H and O–H groups in total. The molecule has 154 valence electrons. The van der Waals surface area contributed by atoms with Crippen LogP contribution in [0.2, 0.25) is 0 Å². The Morgan fingerprint density at radius 3 is 3.03 bits per heavy atom. The fourth-order valence-corrected chi connectivity index (χ4v) is 6.83. The largest absolute Gasteiger partial charge is 0.387 e. The number of rotatable bonds is 4. The number of thiophene rings is 1. The summed E-state index contributed by atoms with van der Waals surface area (Å²) in [6.45, 7) is 0. The first kappa shape index (κ1) is 18.5. The Morgan fingerprint density at radius 1 is 1.27 bits per heavy atom. The van der Waals surface area contributed by atoms with Crippen LogP contribution in [0.15, 0.2) is 42.3 Å². The molecule has 0 radical (unpaired) electrons. The maximum absolute atomic E-state index is 10.8. The molecule has 1 saturated carbocycles. The molecule has 1 saturated heterocycles. The molecule has 3 unspecified atom stereocenters. The highest BCUT2D eigenvalue weighted by Gasteiger charge is 2.69. The number of fused-ring (bicyclic) bond motifs is 2. The number of nitrogens with two attached hydrogens (primary N) is 1. The van der Waals surface area contributed by atoms with Gasteiger partial charge in [-0.2, -0.15) is 11.8 Å². The average Bonchev–Trinajstić information content (AvgIpc) is 3.04. The van der Waals surface area contributed by atoms with Crippen molar-refractivity contribution in [2.75, 3.05) is 5.73 Å². The van der Waals surface area contributed by atoms with Crippen molar-refractivity contribution in [1.82, 2.24) is 19.5 Å². The van der Waals surface area contributed by atoms with Gasteiger partial charge >= 0.3 is 0 Å². The van der Waals surface area contributed by atoms with Crippen LogP contribution in [0.5, 0.6) is 0 Å². The summed E-state index contributed by atoms with van der Waals surface area (Å²) in [6.07, 6.45) is 0.744. The Labute approximate surface area is 179 Å². The highest BCUT2D eigenvalue weighted by molar-refractivity contribution is 7.99. The second-order valence-electron chi connectivity index (χ2n) is 7.74. The van der Waals surface area contributed by atoms with Gasteiger partial charge < -0.3 is 20.7 Å². The van der Waals surface area contributed by atoms with E-state index in [1.54, 1.807) is 27.7 Å². The summed E-state index contributed by atoms with van der Waals surface area (Å²) in [5.74, 6) is 1.11. The second-order valence-corrected chi connectivity index (χ2v) is 9.84. The molecule has 10 heteroatoms. The normalized spacial score (nSPS) is 30.6. The first-order valence-electron chi connectivity index (χ1n) is 9.62. The van der Waals surface area contributed by atoms with E-state index >= 15 is 0 Å². The highest BCUT2D eigenvalue weighted by Crippen LogP contribution is 2.59. The van der Waals surface area contributed by atoms with E-state index in [0.29, 0.717) is 17.6 Å². The summed E-state index contributed by atoms with van der Waals surface area (Å²) in [5.41, 5.74) is 7.33. The maximum Gasteiger partial charge on any atom is 0.167 e. The number of aromatic nitrogens is 4. The lowest BCUT2D eigenvalue weighted by Crippen LogP contribution is -2.34. The monoisotopic (exact) mass is 441 g/mol. The quantitative estimate of drug-likeness (QED) is 0.441. The molecule has 2 fully saturated rings. The first-order chi connectivity index (χ1) is 14.6. The predicted molar refractivity (Wildman–Crippen MR) is 116 cm³/mol. The Kier molecular flexibility index (Phi) is 4.09. The Hall–Kier alpha value is -2.24. The summed E-state index contributed by atoms with van der Waals surface area (Å²) >= 11 is 3.51. The van der Waals surface area contributed by atoms with Crippen molar-refractivity contribution in [1.29, 1.82) is 0 Å². The standard InChI is InChI=1S/C20H19N5O3S2/c21-17-14-18(23-8-22-17)25(9-24-14)19-15(26)16(27)20(28-19)5-13(20)30-7-10-6-29-12-4-2-1-3-11(10)12/h1-4,6,8-9,13,15-16,19,26-27H,5,7H2,(H2,21,22,23)/t13?,15-,16+,19?,20?/m1/s1. The maximum atomic E-state index is 10.8.